The van der Waals surface area contributed by atoms with Crippen molar-refractivity contribution in [1.82, 2.24) is 0 Å². The highest BCUT2D eigenvalue weighted by Crippen LogP contribution is 2.12. The van der Waals surface area contributed by atoms with Crippen LogP contribution in [0.15, 0.2) is 78.9 Å². The third-order valence-corrected chi connectivity index (χ3v) is 3.38. The maximum Gasteiger partial charge on any atom is -0.00992 e. The Morgan fingerprint density at radius 2 is 1.05 bits per heavy atom. The molecule has 0 amide bonds. The van der Waals surface area contributed by atoms with Crippen LogP contribution in [0.4, 0.5) is 0 Å². The van der Waals surface area contributed by atoms with Crippen molar-refractivity contribution in [2.45, 2.75) is 0 Å². The van der Waals surface area contributed by atoms with E-state index in [-0.39, 0.29) is 0 Å². The summed E-state index contributed by atoms with van der Waals surface area (Å²) in [7, 11) is 0. The van der Waals surface area contributed by atoms with E-state index in [1.807, 2.05) is 42.5 Å². The molecule has 1 radical (unpaired) electrons. The van der Waals surface area contributed by atoms with Crippen LogP contribution in [0.1, 0.15) is 22.3 Å². The predicted octanol–water partition coefficient (Wildman–Crippen LogP) is 5.83. The number of benzene rings is 3. The van der Waals surface area contributed by atoms with Gasteiger partial charge in [-0.1, -0.05) is 97.1 Å². The molecule has 3 rings (SSSR count). The summed E-state index contributed by atoms with van der Waals surface area (Å²) < 4.78 is 0. The molecule has 0 N–H and O–H groups in total. The second kappa shape index (κ2) is 7.24. The molecule has 0 saturated carbocycles. The molecule has 0 nitrogen and oxygen atoms in total. The van der Waals surface area contributed by atoms with Gasteiger partial charge in [0.1, 0.15) is 0 Å². The van der Waals surface area contributed by atoms with Crippen molar-refractivity contribution in [3.8, 4) is 0 Å². The van der Waals surface area contributed by atoms with Crippen molar-refractivity contribution >= 4 is 24.3 Å². The minimum absolute atomic E-state index is 1.08. The van der Waals surface area contributed by atoms with Gasteiger partial charge in [-0.05, 0) is 34.4 Å². The van der Waals surface area contributed by atoms with Crippen LogP contribution in [-0.2, 0) is 0 Å². The maximum absolute atomic E-state index is 3.31. The summed E-state index contributed by atoms with van der Waals surface area (Å²) >= 11 is 0. The molecule has 105 valence electrons. The monoisotopic (exact) mass is 281 g/mol. The Bertz CT molecular complexity index is 680. The molecule has 0 bridgehead atoms. The van der Waals surface area contributed by atoms with Crippen LogP contribution in [-0.4, -0.2) is 0 Å². The Hall–Kier alpha value is -2.86. The summed E-state index contributed by atoms with van der Waals surface area (Å²) in [5.41, 5.74) is 4.64. The summed E-state index contributed by atoms with van der Waals surface area (Å²) in [6, 6.07) is 30.1. The molecule has 0 heteroatoms. The van der Waals surface area contributed by atoms with Gasteiger partial charge in [0.25, 0.3) is 0 Å². The third kappa shape index (κ3) is 4.07. The van der Waals surface area contributed by atoms with Crippen molar-refractivity contribution in [3.63, 3.8) is 0 Å². The number of rotatable bonds is 4. The van der Waals surface area contributed by atoms with Crippen LogP contribution in [0, 0.1) is 6.07 Å². The fourth-order valence-corrected chi connectivity index (χ4v) is 2.16. The first kappa shape index (κ1) is 14.1. The Balaban J connectivity index is 1.68. The van der Waals surface area contributed by atoms with E-state index in [9.17, 15) is 0 Å². The molecule has 0 aliphatic rings. The first-order valence-corrected chi connectivity index (χ1v) is 7.38. The molecule has 0 saturated heterocycles. The van der Waals surface area contributed by atoms with Crippen molar-refractivity contribution in [1.29, 1.82) is 0 Å². The lowest BCUT2D eigenvalue weighted by atomic mass is 10.1. The highest BCUT2D eigenvalue weighted by Gasteiger charge is 1.90. The molecule has 0 aliphatic heterocycles. The van der Waals surface area contributed by atoms with E-state index in [1.54, 1.807) is 0 Å². The first-order valence-electron chi connectivity index (χ1n) is 7.38. The number of hydrogen-bond donors (Lipinski definition) is 0. The Kier molecular flexibility index (Phi) is 4.63. The predicted molar refractivity (Wildman–Crippen MR) is 96.0 cm³/mol. The highest BCUT2D eigenvalue weighted by molar-refractivity contribution is 5.72. The van der Waals surface area contributed by atoms with Crippen LogP contribution in [0.3, 0.4) is 0 Å². The molecule has 22 heavy (non-hydrogen) atoms. The summed E-state index contributed by atoms with van der Waals surface area (Å²) in [6.45, 7) is 0. The van der Waals surface area contributed by atoms with E-state index >= 15 is 0 Å². The van der Waals surface area contributed by atoms with Crippen molar-refractivity contribution < 1.29 is 0 Å². The SMILES string of the molecule is [c]1cc(/C=C/c2ccccc2)ccc1/C=C/c1ccccc1. The molecule has 0 unspecified atom stereocenters. The minimum atomic E-state index is 1.08. The average molecular weight is 281 g/mol. The molecular weight excluding hydrogens is 264 g/mol. The highest BCUT2D eigenvalue weighted by atomic mass is 14.0. The largest absolute Gasteiger partial charge is 0.0622 e. The zero-order chi connectivity index (χ0) is 15.0. The molecule has 0 aromatic heterocycles. The van der Waals surface area contributed by atoms with E-state index in [4.69, 9.17) is 0 Å². The first-order chi connectivity index (χ1) is 10.9. The van der Waals surface area contributed by atoms with Crippen LogP contribution in [0.25, 0.3) is 24.3 Å². The van der Waals surface area contributed by atoms with E-state index in [0.717, 1.165) is 11.1 Å². The van der Waals surface area contributed by atoms with E-state index in [2.05, 4.69) is 66.8 Å². The molecule has 3 aromatic rings. The summed E-state index contributed by atoms with van der Waals surface area (Å²) in [5, 5.41) is 0. The van der Waals surface area contributed by atoms with Gasteiger partial charge >= 0.3 is 0 Å². The summed E-state index contributed by atoms with van der Waals surface area (Å²) in [4.78, 5) is 0. The lowest BCUT2D eigenvalue weighted by Crippen LogP contribution is -1.76. The smallest absolute Gasteiger partial charge is 0.00992 e. The van der Waals surface area contributed by atoms with Gasteiger partial charge in [0.05, 0.1) is 0 Å². The van der Waals surface area contributed by atoms with Crippen molar-refractivity contribution in [3.05, 3.63) is 107 Å². The van der Waals surface area contributed by atoms with Crippen molar-refractivity contribution in [2.24, 2.45) is 0 Å². The van der Waals surface area contributed by atoms with Crippen LogP contribution < -0.4 is 0 Å². The van der Waals surface area contributed by atoms with Gasteiger partial charge in [-0.25, -0.2) is 0 Å². The molecule has 3 aromatic carbocycles. The Morgan fingerprint density at radius 1 is 0.500 bits per heavy atom. The topological polar surface area (TPSA) is 0 Å². The van der Waals surface area contributed by atoms with Gasteiger partial charge in [-0.3, -0.25) is 0 Å². The average Bonchev–Trinajstić information content (AvgIpc) is 2.61. The Morgan fingerprint density at radius 3 is 1.59 bits per heavy atom. The van der Waals surface area contributed by atoms with Gasteiger partial charge in [0.15, 0.2) is 0 Å². The van der Waals surface area contributed by atoms with Gasteiger partial charge in [0.2, 0.25) is 0 Å². The summed E-state index contributed by atoms with van der Waals surface area (Å²) in [6.07, 6.45) is 8.41. The molecule has 0 spiro atoms. The van der Waals surface area contributed by atoms with E-state index in [0.29, 0.717) is 0 Å². The molecule has 0 fully saturated rings. The van der Waals surface area contributed by atoms with Gasteiger partial charge in [-0.2, -0.15) is 0 Å². The Labute approximate surface area is 132 Å². The zero-order valence-electron chi connectivity index (χ0n) is 12.3. The van der Waals surface area contributed by atoms with E-state index in [1.165, 1.54) is 11.1 Å². The fourth-order valence-electron chi connectivity index (χ4n) is 2.16. The zero-order valence-corrected chi connectivity index (χ0v) is 12.3. The normalized spacial score (nSPS) is 11.3. The van der Waals surface area contributed by atoms with Gasteiger partial charge < -0.3 is 0 Å². The maximum atomic E-state index is 3.31. The molecule has 0 heterocycles. The fraction of sp³-hybridized carbons (Fsp3) is 0. The minimum Gasteiger partial charge on any atom is -0.0622 e. The molecular formula is C22H17. The third-order valence-electron chi connectivity index (χ3n) is 3.38. The van der Waals surface area contributed by atoms with Crippen LogP contribution in [0.5, 0.6) is 0 Å². The molecule has 0 aliphatic carbocycles. The van der Waals surface area contributed by atoms with Crippen LogP contribution >= 0.6 is 0 Å². The molecule has 0 atom stereocenters. The second-order valence-electron chi connectivity index (χ2n) is 5.07. The van der Waals surface area contributed by atoms with Crippen LogP contribution in [0.2, 0.25) is 0 Å². The summed E-state index contributed by atoms with van der Waals surface area (Å²) in [5.74, 6) is 0. The quantitative estimate of drug-likeness (QED) is 0.528. The van der Waals surface area contributed by atoms with E-state index < -0.39 is 0 Å². The lowest BCUT2D eigenvalue weighted by molar-refractivity contribution is 1.60. The van der Waals surface area contributed by atoms with Gasteiger partial charge in [-0.15, -0.1) is 0 Å². The number of hydrogen-bond acceptors (Lipinski definition) is 0. The second-order valence-corrected chi connectivity index (χ2v) is 5.07. The van der Waals surface area contributed by atoms with Gasteiger partial charge in [0, 0.05) is 0 Å². The van der Waals surface area contributed by atoms with Crippen molar-refractivity contribution in [2.75, 3.05) is 0 Å². The standard InChI is InChI=1S/C22H17/c1-3-7-19(8-4-1)11-13-21-15-17-22(18-16-21)14-12-20-9-5-2-6-10-20/h1-17H/b13-11+,14-12+. The lowest BCUT2D eigenvalue weighted by Gasteiger charge is -1.97.